The normalized spacial score (nSPS) is 15.3. The molecule has 0 unspecified atom stereocenters. The zero-order valence-electron chi connectivity index (χ0n) is 8.41. The molecule has 2 N–H and O–H groups in total. The van der Waals surface area contributed by atoms with Crippen molar-refractivity contribution in [3.63, 3.8) is 0 Å². The quantitative estimate of drug-likeness (QED) is 0.461. The van der Waals surface area contributed by atoms with Crippen molar-refractivity contribution < 1.29 is 13.9 Å². The maximum absolute atomic E-state index is 12.7. The molecule has 0 bridgehead atoms. The smallest absolute Gasteiger partial charge is 0.189 e. The predicted octanol–water partition coefficient (Wildman–Crippen LogP) is 2.17. The topological polar surface area (TPSA) is 44.5 Å². The van der Waals surface area contributed by atoms with Crippen LogP contribution in [0.4, 0.5) is 10.1 Å². The molecule has 1 saturated carbocycles. The minimum absolute atomic E-state index is 0.173. The number of nitrogen functional groups attached to an aromatic ring is 1. The van der Waals surface area contributed by atoms with Crippen LogP contribution in [0.2, 0.25) is 0 Å². The first-order valence-corrected chi connectivity index (χ1v) is 5.01. The number of hydrogen-bond acceptors (Lipinski definition) is 3. The fraction of sp³-hybridized carbons (Fsp3) is 0.455. The highest BCUT2D eigenvalue weighted by atomic mass is 19.1. The van der Waals surface area contributed by atoms with Crippen molar-refractivity contribution >= 4 is 5.69 Å². The second-order valence-electron chi connectivity index (χ2n) is 3.76. The van der Waals surface area contributed by atoms with E-state index in [1.807, 2.05) is 0 Å². The van der Waals surface area contributed by atoms with Gasteiger partial charge in [0.2, 0.25) is 0 Å². The Bertz CT molecular complexity index is 339. The summed E-state index contributed by atoms with van der Waals surface area (Å²) in [6.45, 7) is 0.910. The average Bonchev–Trinajstić information content (AvgIpc) is 2.99. The van der Waals surface area contributed by atoms with Gasteiger partial charge in [0.05, 0.1) is 12.3 Å². The minimum atomic E-state index is -0.362. The number of halogens is 1. The number of nitrogens with two attached hydrogens (primary N) is 1. The lowest BCUT2D eigenvalue weighted by Gasteiger charge is -2.08. The van der Waals surface area contributed by atoms with Gasteiger partial charge in [0.15, 0.2) is 6.79 Å². The lowest BCUT2D eigenvalue weighted by atomic mass is 10.3. The summed E-state index contributed by atoms with van der Waals surface area (Å²) < 4.78 is 23.2. The van der Waals surface area contributed by atoms with E-state index in [-0.39, 0.29) is 12.6 Å². The highest BCUT2D eigenvalue weighted by molar-refractivity contribution is 5.52. The van der Waals surface area contributed by atoms with Gasteiger partial charge in [-0.2, -0.15) is 0 Å². The standard InChI is InChI=1S/C11H14FNO2/c12-9-3-4-11(10(13)5-9)15-7-14-6-8-1-2-8/h3-5,8H,1-2,6-7,13H2. The molecule has 15 heavy (non-hydrogen) atoms. The van der Waals surface area contributed by atoms with Gasteiger partial charge in [0.1, 0.15) is 11.6 Å². The van der Waals surface area contributed by atoms with Gasteiger partial charge in [-0.3, -0.25) is 0 Å². The van der Waals surface area contributed by atoms with E-state index in [0.717, 1.165) is 6.61 Å². The van der Waals surface area contributed by atoms with Gasteiger partial charge in [-0.1, -0.05) is 0 Å². The van der Waals surface area contributed by atoms with Crippen LogP contribution < -0.4 is 10.5 Å². The Morgan fingerprint density at radius 1 is 1.40 bits per heavy atom. The highest BCUT2D eigenvalue weighted by Crippen LogP contribution is 2.29. The number of anilines is 1. The van der Waals surface area contributed by atoms with Crippen molar-refractivity contribution in [1.29, 1.82) is 0 Å². The lowest BCUT2D eigenvalue weighted by molar-refractivity contribution is 0.0104. The lowest BCUT2D eigenvalue weighted by Crippen LogP contribution is -2.06. The molecule has 82 valence electrons. The van der Waals surface area contributed by atoms with Crippen LogP contribution in [0, 0.1) is 11.7 Å². The molecule has 1 aliphatic rings. The molecule has 4 heteroatoms. The molecule has 1 aliphatic carbocycles. The Morgan fingerprint density at radius 3 is 2.87 bits per heavy atom. The average molecular weight is 211 g/mol. The molecular weight excluding hydrogens is 197 g/mol. The summed E-state index contributed by atoms with van der Waals surface area (Å²) in [7, 11) is 0. The van der Waals surface area contributed by atoms with E-state index >= 15 is 0 Å². The van der Waals surface area contributed by atoms with Crippen LogP contribution >= 0.6 is 0 Å². The van der Waals surface area contributed by atoms with Gasteiger partial charge in [-0.25, -0.2) is 4.39 Å². The number of rotatable bonds is 5. The number of benzene rings is 1. The Kier molecular flexibility index (Phi) is 3.06. The van der Waals surface area contributed by atoms with Gasteiger partial charge < -0.3 is 15.2 Å². The minimum Gasteiger partial charge on any atom is -0.465 e. The molecule has 0 aliphatic heterocycles. The van der Waals surface area contributed by atoms with Crippen LogP contribution in [0.25, 0.3) is 0 Å². The van der Waals surface area contributed by atoms with E-state index in [9.17, 15) is 4.39 Å². The van der Waals surface area contributed by atoms with Crippen LogP contribution in [-0.4, -0.2) is 13.4 Å². The predicted molar refractivity (Wildman–Crippen MR) is 55.0 cm³/mol. The molecule has 0 atom stereocenters. The first-order valence-electron chi connectivity index (χ1n) is 5.01. The van der Waals surface area contributed by atoms with Gasteiger partial charge >= 0.3 is 0 Å². The zero-order valence-corrected chi connectivity index (χ0v) is 8.41. The molecule has 0 amide bonds. The molecule has 0 aromatic heterocycles. The molecule has 0 saturated heterocycles. The summed E-state index contributed by atoms with van der Waals surface area (Å²) in [5, 5.41) is 0. The van der Waals surface area contributed by atoms with Gasteiger partial charge in [-0.15, -0.1) is 0 Å². The highest BCUT2D eigenvalue weighted by Gasteiger charge is 2.21. The van der Waals surface area contributed by atoms with Crippen LogP contribution in [0.3, 0.4) is 0 Å². The number of hydrogen-bond donors (Lipinski definition) is 1. The molecule has 1 aromatic carbocycles. The van der Waals surface area contributed by atoms with Crippen LogP contribution in [0.5, 0.6) is 5.75 Å². The fourth-order valence-electron chi connectivity index (χ4n) is 1.26. The van der Waals surface area contributed by atoms with E-state index < -0.39 is 0 Å². The Morgan fingerprint density at radius 2 is 2.20 bits per heavy atom. The molecule has 3 nitrogen and oxygen atoms in total. The van der Waals surface area contributed by atoms with Crippen molar-refractivity contribution in [2.75, 3.05) is 19.1 Å². The second kappa shape index (κ2) is 4.49. The molecule has 1 aromatic rings. The van der Waals surface area contributed by atoms with E-state index in [0.29, 0.717) is 17.4 Å². The van der Waals surface area contributed by atoms with Gasteiger partial charge in [-0.05, 0) is 30.9 Å². The second-order valence-corrected chi connectivity index (χ2v) is 3.76. The van der Waals surface area contributed by atoms with Gasteiger partial charge in [0.25, 0.3) is 0 Å². The Labute approximate surface area is 88.0 Å². The maximum atomic E-state index is 12.7. The molecule has 0 heterocycles. The molecule has 0 radical (unpaired) electrons. The summed E-state index contributed by atoms with van der Waals surface area (Å²) in [5.74, 6) is 0.810. The first kappa shape index (κ1) is 10.2. The van der Waals surface area contributed by atoms with Crippen molar-refractivity contribution in [3.05, 3.63) is 24.0 Å². The third-order valence-electron chi connectivity index (χ3n) is 2.32. The SMILES string of the molecule is Nc1cc(F)ccc1OCOCC1CC1. The van der Waals surface area contributed by atoms with Crippen molar-refractivity contribution in [3.8, 4) is 5.75 Å². The van der Waals surface area contributed by atoms with Crippen LogP contribution in [-0.2, 0) is 4.74 Å². The monoisotopic (exact) mass is 211 g/mol. The fourth-order valence-corrected chi connectivity index (χ4v) is 1.26. The molecular formula is C11H14FNO2. The van der Waals surface area contributed by atoms with E-state index in [1.165, 1.54) is 31.0 Å². The van der Waals surface area contributed by atoms with Crippen LogP contribution in [0.15, 0.2) is 18.2 Å². The van der Waals surface area contributed by atoms with Gasteiger partial charge in [0, 0.05) is 6.07 Å². The zero-order chi connectivity index (χ0) is 10.7. The van der Waals surface area contributed by atoms with Crippen molar-refractivity contribution in [2.45, 2.75) is 12.8 Å². The summed E-state index contributed by atoms with van der Waals surface area (Å²) in [5.41, 5.74) is 5.85. The maximum Gasteiger partial charge on any atom is 0.189 e. The first-order chi connectivity index (χ1) is 7.25. The summed E-state index contributed by atoms with van der Waals surface area (Å²) in [6, 6.07) is 4.05. The summed E-state index contributed by atoms with van der Waals surface area (Å²) in [4.78, 5) is 0. The van der Waals surface area contributed by atoms with E-state index in [2.05, 4.69) is 0 Å². The van der Waals surface area contributed by atoms with Crippen LogP contribution in [0.1, 0.15) is 12.8 Å². The van der Waals surface area contributed by atoms with E-state index in [4.69, 9.17) is 15.2 Å². The largest absolute Gasteiger partial charge is 0.465 e. The third kappa shape index (κ3) is 3.09. The number of ether oxygens (including phenoxy) is 2. The third-order valence-corrected chi connectivity index (χ3v) is 2.32. The van der Waals surface area contributed by atoms with Crippen molar-refractivity contribution in [2.24, 2.45) is 5.92 Å². The summed E-state index contributed by atoms with van der Waals surface area (Å²) >= 11 is 0. The van der Waals surface area contributed by atoms with E-state index in [1.54, 1.807) is 0 Å². The molecule has 0 spiro atoms. The Balaban J connectivity index is 1.76. The molecule has 2 rings (SSSR count). The molecule has 1 fully saturated rings. The van der Waals surface area contributed by atoms with Crippen molar-refractivity contribution in [1.82, 2.24) is 0 Å². The summed E-state index contributed by atoms with van der Waals surface area (Å²) in [6.07, 6.45) is 2.50. The Hall–Kier alpha value is -1.29.